The van der Waals surface area contributed by atoms with E-state index >= 15 is 0 Å². The molecule has 0 radical (unpaired) electrons. The third-order valence-corrected chi connectivity index (χ3v) is 0.983. The van der Waals surface area contributed by atoms with Crippen molar-refractivity contribution in [1.82, 2.24) is 0 Å². The number of carbonyl (C=O) groups excluding carboxylic acids is 2. The SMILES string of the molecule is CC(=O)/C=C/C=C/CC(C)=O. The van der Waals surface area contributed by atoms with E-state index in [0.717, 1.165) is 0 Å². The van der Waals surface area contributed by atoms with E-state index in [1.807, 2.05) is 0 Å². The highest BCUT2D eigenvalue weighted by Gasteiger charge is 1.83. The van der Waals surface area contributed by atoms with Gasteiger partial charge in [0.2, 0.25) is 0 Å². The molecule has 0 heterocycles. The molecule has 60 valence electrons. The summed E-state index contributed by atoms with van der Waals surface area (Å²) in [7, 11) is 0. The first-order chi connectivity index (χ1) is 5.13. The van der Waals surface area contributed by atoms with Gasteiger partial charge in [0.05, 0.1) is 0 Å². The largest absolute Gasteiger partial charge is 0.300 e. The van der Waals surface area contributed by atoms with Crippen LogP contribution in [0.4, 0.5) is 0 Å². The zero-order valence-electron chi connectivity index (χ0n) is 6.83. The second kappa shape index (κ2) is 5.59. The Labute approximate surface area is 66.6 Å². The van der Waals surface area contributed by atoms with Gasteiger partial charge in [-0.3, -0.25) is 9.59 Å². The Hall–Kier alpha value is -1.18. The molecule has 0 aromatic heterocycles. The van der Waals surface area contributed by atoms with E-state index in [9.17, 15) is 9.59 Å². The molecule has 0 aromatic rings. The Kier molecular flexibility index (Phi) is 4.99. The molecule has 0 fully saturated rings. The lowest BCUT2D eigenvalue weighted by Crippen LogP contribution is -1.83. The Bertz CT molecular complexity index is 200. The summed E-state index contributed by atoms with van der Waals surface area (Å²) in [4.78, 5) is 20.8. The van der Waals surface area contributed by atoms with Crippen LogP contribution in [0, 0.1) is 0 Å². The van der Waals surface area contributed by atoms with E-state index in [4.69, 9.17) is 0 Å². The van der Waals surface area contributed by atoms with Gasteiger partial charge in [0.25, 0.3) is 0 Å². The predicted octanol–water partition coefficient (Wildman–Crippen LogP) is 1.67. The molecular formula is C9H12O2. The number of carbonyl (C=O) groups is 2. The van der Waals surface area contributed by atoms with Gasteiger partial charge >= 0.3 is 0 Å². The van der Waals surface area contributed by atoms with Crippen molar-refractivity contribution in [3.05, 3.63) is 24.3 Å². The maximum absolute atomic E-state index is 10.4. The van der Waals surface area contributed by atoms with Crippen molar-refractivity contribution in [3.63, 3.8) is 0 Å². The summed E-state index contributed by atoms with van der Waals surface area (Å²) in [6.07, 6.45) is 6.94. The molecule has 0 aliphatic heterocycles. The highest BCUT2D eigenvalue weighted by Crippen LogP contribution is 1.85. The van der Waals surface area contributed by atoms with Gasteiger partial charge in [0.1, 0.15) is 5.78 Å². The van der Waals surface area contributed by atoms with E-state index in [1.54, 1.807) is 18.2 Å². The molecule has 0 rings (SSSR count). The average Bonchev–Trinajstić information content (AvgIpc) is 1.85. The van der Waals surface area contributed by atoms with Gasteiger partial charge in [-0.05, 0) is 19.9 Å². The smallest absolute Gasteiger partial charge is 0.152 e. The first kappa shape index (κ1) is 9.82. The Morgan fingerprint density at radius 3 is 2.27 bits per heavy atom. The number of allylic oxidation sites excluding steroid dienone is 4. The first-order valence-electron chi connectivity index (χ1n) is 3.46. The normalized spacial score (nSPS) is 11.1. The molecule has 0 saturated heterocycles. The summed E-state index contributed by atoms with van der Waals surface area (Å²) in [5.74, 6) is 0.134. The van der Waals surface area contributed by atoms with Crippen LogP contribution in [0.2, 0.25) is 0 Å². The Balaban J connectivity index is 3.60. The third-order valence-electron chi connectivity index (χ3n) is 0.983. The highest BCUT2D eigenvalue weighted by molar-refractivity contribution is 5.87. The second-order valence-corrected chi connectivity index (χ2v) is 2.30. The van der Waals surface area contributed by atoms with Crippen molar-refractivity contribution in [2.75, 3.05) is 0 Å². The number of Topliss-reactive ketones (excluding diaryl/α,β-unsaturated/α-hetero) is 1. The van der Waals surface area contributed by atoms with Gasteiger partial charge < -0.3 is 0 Å². The maximum atomic E-state index is 10.4. The minimum atomic E-state index is 0.0116. The van der Waals surface area contributed by atoms with E-state index in [0.29, 0.717) is 6.42 Å². The standard InChI is InChI=1S/C9H12O2/c1-8(10)6-4-3-5-7-9(2)11/h3-6H,7H2,1-2H3/b5-3+,6-4+. The van der Waals surface area contributed by atoms with Crippen LogP contribution in [0.15, 0.2) is 24.3 Å². The minimum absolute atomic E-state index is 0.0116. The summed E-state index contributed by atoms with van der Waals surface area (Å²) in [6, 6.07) is 0. The van der Waals surface area contributed by atoms with Crippen LogP contribution in [0.3, 0.4) is 0 Å². The number of hydrogen-bond acceptors (Lipinski definition) is 2. The van der Waals surface area contributed by atoms with E-state index in [-0.39, 0.29) is 11.6 Å². The third kappa shape index (κ3) is 8.82. The molecule has 0 bridgehead atoms. The Morgan fingerprint density at radius 1 is 1.18 bits per heavy atom. The van der Waals surface area contributed by atoms with Gasteiger partial charge in [-0.15, -0.1) is 0 Å². The van der Waals surface area contributed by atoms with Gasteiger partial charge in [-0.25, -0.2) is 0 Å². The van der Waals surface area contributed by atoms with Gasteiger partial charge in [0.15, 0.2) is 5.78 Å². The average molecular weight is 152 g/mol. The van der Waals surface area contributed by atoms with Gasteiger partial charge in [-0.1, -0.05) is 18.2 Å². The maximum Gasteiger partial charge on any atom is 0.152 e. The lowest BCUT2D eigenvalue weighted by atomic mass is 10.3. The van der Waals surface area contributed by atoms with Crippen LogP contribution < -0.4 is 0 Å². The minimum Gasteiger partial charge on any atom is -0.300 e. The zero-order valence-corrected chi connectivity index (χ0v) is 6.83. The fraction of sp³-hybridized carbons (Fsp3) is 0.333. The fourth-order valence-corrected chi connectivity index (χ4v) is 0.504. The van der Waals surface area contributed by atoms with Crippen molar-refractivity contribution < 1.29 is 9.59 Å². The van der Waals surface area contributed by atoms with Crippen LogP contribution in [0.1, 0.15) is 20.3 Å². The lowest BCUT2D eigenvalue weighted by Gasteiger charge is -1.80. The van der Waals surface area contributed by atoms with Crippen LogP contribution in [0.25, 0.3) is 0 Å². The van der Waals surface area contributed by atoms with E-state index in [1.165, 1.54) is 19.9 Å². The lowest BCUT2D eigenvalue weighted by molar-refractivity contribution is -0.116. The summed E-state index contributed by atoms with van der Waals surface area (Å²) in [5, 5.41) is 0. The molecule has 0 saturated carbocycles. The summed E-state index contributed by atoms with van der Waals surface area (Å²) in [5.41, 5.74) is 0. The van der Waals surface area contributed by atoms with Crippen molar-refractivity contribution in [2.24, 2.45) is 0 Å². The number of hydrogen-bond donors (Lipinski definition) is 0. The molecule has 0 amide bonds. The highest BCUT2D eigenvalue weighted by atomic mass is 16.1. The summed E-state index contributed by atoms with van der Waals surface area (Å²) < 4.78 is 0. The van der Waals surface area contributed by atoms with Crippen LogP contribution in [0.5, 0.6) is 0 Å². The molecule has 0 spiro atoms. The van der Waals surface area contributed by atoms with Crippen LogP contribution >= 0.6 is 0 Å². The van der Waals surface area contributed by atoms with Crippen molar-refractivity contribution in [2.45, 2.75) is 20.3 Å². The molecule has 0 N–H and O–H groups in total. The topological polar surface area (TPSA) is 34.1 Å². The first-order valence-corrected chi connectivity index (χ1v) is 3.46. The molecule has 0 aliphatic carbocycles. The fourth-order valence-electron chi connectivity index (χ4n) is 0.504. The molecular weight excluding hydrogens is 140 g/mol. The molecule has 0 unspecified atom stereocenters. The van der Waals surface area contributed by atoms with Crippen LogP contribution in [-0.4, -0.2) is 11.6 Å². The van der Waals surface area contributed by atoms with E-state index < -0.39 is 0 Å². The Morgan fingerprint density at radius 2 is 1.82 bits per heavy atom. The van der Waals surface area contributed by atoms with E-state index in [2.05, 4.69) is 0 Å². The molecule has 0 aromatic carbocycles. The van der Waals surface area contributed by atoms with Crippen molar-refractivity contribution >= 4 is 11.6 Å². The molecule has 2 heteroatoms. The second-order valence-electron chi connectivity index (χ2n) is 2.30. The summed E-state index contributed by atoms with van der Waals surface area (Å²) >= 11 is 0. The monoisotopic (exact) mass is 152 g/mol. The molecule has 0 aliphatic rings. The summed E-state index contributed by atoms with van der Waals surface area (Å²) in [6.45, 7) is 3.01. The molecule has 2 nitrogen and oxygen atoms in total. The number of rotatable bonds is 4. The van der Waals surface area contributed by atoms with Gasteiger partial charge in [0, 0.05) is 6.42 Å². The number of ketones is 2. The molecule has 0 atom stereocenters. The van der Waals surface area contributed by atoms with Crippen molar-refractivity contribution in [3.8, 4) is 0 Å². The molecule has 11 heavy (non-hydrogen) atoms. The van der Waals surface area contributed by atoms with Crippen LogP contribution in [-0.2, 0) is 9.59 Å². The zero-order chi connectivity index (χ0) is 8.69. The van der Waals surface area contributed by atoms with Gasteiger partial charge in [-0.2, -0.15) is 0 Å². The predicted molar refractivity (Wildman–Crippen MR) is 44.3 cm³/mol. The quantitative estimate of drug-likeness (QED) is 0.453. The van der Waals surface area contributed by atoms with Crippen molar-refractivity contribution in [1.29, 1.82) is 0 Å².